The van der Waals surface area contributed by atoms with Crippen LogP contribution in [0.25, 0.3) is 5.76 Å². The van der Waals surface area contributed by atoms with Gasteiger partial charge >= 0.3 is 0 Å². The van der Waals surface area contributed by atoms with Gasteiger partial charge in [0.2, 0.25) is 0 Å². The maximum absolute atomic E-state index is 13.5. The summed E-state index contributed by atoms with van der Waals surface area (Å²) in [7, 11) is 6.00. The van der Waals surface area contributed by atoms with Crippen LogP contribution in [-0.4, -0.2) is 51.8 Å². The van der Waals surface area contributed by atoms with E-state index >= 15 is 0 Å². The van der Waals surface area contributed by atoms with Crippen LogP contribution in [0.1, 0.15) is 24.1 Å². The summed E-state index contributed by atoms with van der Waals surface area (Å²) in [6.07, 6.45) is 0. The van der Waals surface area contributed by atoms with Gasteiger partial charge in [0, 0.05) is 17.3 Å². The number of hydrogen-bond acceptors (Lipinski definition) is 8. The molecule has 38 heavy (non-hydrogen) atoms. The van der Waals surface area contributed by atoms with E-state index < -0.39 is 17.7 Å². The standard InChI is InChI=1S/C29H29NO8/c1-6-38-24-14-17(10-12-22(24)36-4)26-25(27(31)18-11-13-21(35-3)23(15-18)37-5)28(32)29(33)30(26)19-8-7-9-20(16-19)34-2/h7-16,26,31H,6H2,1-5H3/b27-25-. The molecule has 0 radical (unpaired) electrons. The first kappa shape index (κ1) is 26.4. The number of ether oxygens (including phenoxy) is 5. The van der Waals surface area contributed by atoms with Crippen molar-refractivity contribution in [2.24, 2.45) is 0 Å². The van der Waals surface area contributed by atoms with E-state index in [4.69, 9.17) is 23.7 Å². The molecule has 9 heteroatoms. The molecule has 3 aromatic carbocycles. The Bertz CT molecular complexity index is 1400. The molecule has 1 unspecified atom stereocenters. The summed E-state index contributed by atoms with van der Waals surface area (Å²) in [4.78, 5) is 28.3. The van der Waals surface area contributed by atoms with Gasteiger partial charge in [0.05, 0.1) is 46.7 Å². The third-order valence-corrected chi connectivity index (χ3v) is 6.24. The van der Waals surface area contributed by atoms with Crippen molar-refractivity contribution < 1.29 is 38.4 Å². The molecule has 0 bridgehead atoms. The van der Waals surface area contributed by atoms with Crippen LogP contribution in [0.5, 0.6) is 28.7 Å². The van der Waals surface area contributed by atoms with Crippen LogP contribution in [-0.2, 0) is 9.59 Å². The SMILES string of the molecule is CCOc1cc(C2/C(=C(/O)c3ccc(OC)c(OC)c3)C(=O)C(=O)N2c2cccc(OC)c2)ccc1OC. The molecule has 9 nitrogen and oxygen atoms in total. The Kier molecular flexibility index (Phi) is 7.76. The number of hydrogen-bond donors (Lipinski definition) is 1. The third-order valence-electron chi connectivity index (χ3n) is 6.24. The number of nitrogens with zero attached hydrogens (tertiary/aromatic N) is 1. The molecule has 198 valence electrons. The van der Waals surface area contributed by atoms with Crippen LogP contribution in [0.2, 0.25) is 0 Å². The Labute approximate surface area is 220 Å². The number of carbonyl (C=O) groups excluding carboxylic acids is 2. The molecule has 1 N–H and O–H groups in total. The quantitative estimate of drug-likeness (QED) is 0.246. The van der Waals surface area contributed by atoms with Gasteiger partial charge in [-0.05, 0) is 55.0 Å². The lowest BCUT2D eigenvalue weighted by Crippen LogP contribution is -2.29. The number of rotatable bonds is 9. The van der Waals surface area contributed by atoms with Crippen LogP contribution in [0.4, 0.5) is 5.69 Å². The molecule has 0 saturated carbocycles. The molecule has 1 aliphatic rings. The number of aliphatic hydroxyl groups is 1. The lowest BCUT2D eigenvalue weighted by Gasteiger charge is -2.26. The van der Waals surface area contributed by atoms with Crippen molar-refractivity contribution in [2.45, 2.75) is 13.0 Å². The second-order valence-electron chi connectivity index (χ2n) is 8.28. The van der Waals surface area contributed by atoms with E-state index in [-0.39, 0.29) is 16.9 Å². The first-order chi connectivity index (χ1) is 18.4. The second kappa shape index (κ2) is 11.2. The zero-order valence-corrected chi connectivity index (χ0v) is 21.8. The zero-order chi connectivity index (χ0) is 27.4. The fraction of sp³-hybridized carbons (Fsp3) is 0.241. The minimum atomic E-state index is -0.972. The molecule has 3 aromatic rings. The van der Waals surface area contributed by atoms with E-state index in [2.05, 4.69) is 0 Å². The van der Waals surface area contributed by atoms with E-state index in [0.29, 0.717) is 46.6 Å². The second-order valence-corrected chi connectivity index (χ2v) is 8.28. The molecule has 0 spiro atoms. The number of ketones is 1. The Morgan fingerprint density at radius 2 is 1.50 bits per heavy atom. The predicted molar refractivity (Wildman–Crippen MR) is 141 cm³/mol. The van der Waals surface area contributed by atoms with Gasteiger partial charge in [-0.1, -0.05) is 12.1 Å². The van der Waals surface area contributed by atoms with Gasteiger partial charge in [0.25, 0.3) is 11.7 Å². The van der Waals surface area contributed by atoms with Crippen molar-refractivity contribution in [1.82, 2.24) is 0 Å². The Morgan fingerprint density at radius 3 is 2.16 bits per heavy atom. The highest BCUT2D eigenvalue weighted by atomic mass is 16.5. The van der Waals surface area contributed by atoms with Gasteiger partial charge < -0.3 is 28.8 Å². The summed E-state index contributed by atoms with van der Waals surface area (Å²) in [6, 6.07) is 15.7. The number of anilines is 1. The number of methoxy groups -OCH3 is 4. The van der Waals surface area contributed by atoms with E-state index in [1.807, 2.05) is 6.92 Å². The lowest BCUT2D eigenvalue weighted by molar-refractivity contribution is -0.132. The molecule has 1 atom stereocenters. The average Bonchev–Trinajstić information content (AvgIpc) is 3.22. The molecule has 1 aliphatic heterocycles. The summed E-state index contributed by atoms with van der Waals surface area (Å²) in [5.41, 5.74) is 1.17. The largest absolute Gasteiger partial charge is 0.507 e. The van der Waals surface area contributed by atoms with Crippen molar-refractivity contribution in [3.8, 4) is 28.7 Å². The fourth-order valence-corrected chi connectivity index (χ4v) is 4.45. The van der Waals surface area contributed by atoms with Crippen LogP contribution in [0.15, 0.2) is 66.2 Å². The Morgan fingerprint density at radius 1 is 0.816 bits per heavy atom. The van der Waals surface area contributed by atoms with Gasteiger partial charge in [0.1, 0.15) is 11.5 Å². The molecule has 4 rings (SSSR count). The Balaban J connectivity index is 1.97. The van der Waals surface area contributed by atoms with E-state index in [1.54, 1.807) is 60.7 Å². The molecule has 1 fully saturated rings. The van der Waals surface area contributed by atoms with E-state index in [0.717, 1.165) is 0 Å². The average molecular weight is 520 g/mol. The number of amides is 1. The van der Waals surface area contributed by atoms with Gasteiger partial charge in [-0.3, -0.25) is 14.5 Å². The highest BCUT2D eigenvalue weighted by Crippen LogP contribution is 2.45. The summed E-state index contributed by atoms with van der Waals surface area (Å²) in [5, 5.41) is 11.5. The van der Waals surface area contributed by atoms with E-state index in [1.165, 1.54) is 33.3 Å². The Hall–Kier alpha value is -4.66. The van der Waals surface area contributed by atoms with Gasteiger partial charge in [-0.2, -0.15) is 0 Å². The molecular formula is C29H29NO8. The summed E-state index contributed by atoms with van der Waals surface area (Å²) < 4.78 is 27.2. The van der Waals surface area contributed by atoms with Gasteiger partial charge in [0.15, 0.2) is 23.0 Å². The molecule has 0 aromatic heterocycles. The normalized spacial score (nSPS) is 16.3. The van der Waals surface area contributed by atoms with Gasteiger partial charge in [-0.15, -0.1) is 0 Å². The number of carbonyl (C=O) groups is 2. The first-order valence-electron chi connectivity index (χ1n) is 11.9. The third kappa shape index (κ3) is 4.70. The lowest BCUT2D eigenvalue weighted by atomic mass is 9.94. The fourth-order valence-electron chi connectivity index (χ4n) is 4.45. The molecule has 1 saturated heterocycles. The summed E-state index contributed by atoms with van der Waals surface area (Å²) >= 11 is 0. The minimum Gasteiger partial charge on any atom is -0.507 e. The summed E-state index contributed by atoms with van der Waals surface area (Å²) in [6.45, 7) is 2.22. The highest BCUT2D eigenvalue weighted by Gasteiger charge is 2.47. The maximum Gasteiger partial charge on any atom is 0.300 e. The zero-order valence-electron chi connectivity index (χ0n) is 21.8. The number of Topliss-reactive ketones (excluding diaryl/α,β-unsaturated/α-hetero) is 1. The van der Waals surface area contributed by atoms with E-state index in [9.17, 15) is 14.7 Å². The van der Waals surface area contributed by atoms with Crippen LogP contribution in [0.3, 0.4) is 0 Å². The van der Waals surface area contributed by atoms with Crippen molar-refractivity contribution in [1.29, 1.82) is 0 Å². The minimum absolute atomic E-state index is 0.0855. The molecule has 0 aliphatic carbocycles. The highest BCUT2D eigenvalue weighted by molar-refractivity contribution is 6.51. The topological polar surface area (TPSA) is 104 Å². The van der Waals surface area contributed by atoms with Gasteiger partial charge in [-0.25, -0.2) is 0 Å². The van der Waals surface area contributed by atoms with Crippen molar-refractivity contribution >= 4 is 23.1 Å². The van der Waals surface area contributed by atoms with Crippen LogP contribution >= 0.6 is 0 Å². The monoisotopic (exact) mass is 519 g/mol. The smallest absolute Gasteiger partial charge is 0.300 e. The predicted octanol–water partition coefficient (Wildman–Crippen LogP) is 4.75. The first-order valence-corrected chi connectivity index (χ1v) is 11.9. The summed E-state index contributed by atoms with van der Waals surface area (Å²) in [5.74, 6) is 0.273. The molecule has 1 amide bonds. The molecule has 1 heterocycles. The van der Waals surface area contributed by atoms with Crippen LogP contribution in [0, 0.1) is 0 Å². The van der Waals surface area contributed by atoms with Crippen molar-refractivity contribution in [2.75, 3.05) is 39.9 Å². The van der Waals surface area contributed by atoms with Crippen molar-refractivity contribution in [3.05, 3.63) is 77.4 Å². The van der Waals surface area contributed by atoms with Crippen LogP contribution < -0.4 is 28.6 Å². The van der Waals surface area contributed by atoms with Crippen molar-refractivity contribution in [3.63, 3.8) is 0 Å². The maximum atomic E-state index is 13.5. The number of aliphatic hydroxyl groups excluding tert-OH is 1. The molecular weight excluding hydrogens is 490 g/mol. The number of benzene rings is 3.